The van der Waals surface area contributed by atoms with Gasteiger partial charge in [0.2, 0.25) is 0 Å². The van der Waals surface area contributed by atoms with Gasteiger partial charge in [-0.1, -0.05) is 0 Å². The first-order valence-electron chi connectivity index (χ1n) is 5.41. The molecule has 2 N–H and O–H groups in total. The van der Waals surface area contributed by atoms with Gasteiger partial charge in [-0.05, 0) is 6.42 Å². The van der Waals surface area contributed by atoms with Gasteiger partial charge in [-0.15, -0.1) is 0 Å². The molecule has 0 amide bonds. The van der Waals surface area contributed by atoms with Crippen LogP contribution >= 0.6 is 0 Å². The summed E-state index contributed by atoms with van der Waals surface area (Å²) in [5.41, 5.74) is -2.90. The normalized spacial score (nSPS) is 39.7. The van der Waals surface area contributed by atoms with Crippen LogP contribution in [0.15, 0.2) is 0 Å². The largest absolute Gasteiger partial charge is 0.480 e. The molecule has 0 aromatic heterocycles. The minimum Gasteiger partial charge on any atom is -0.480 e. The van der Waals surface area contributed by atoms with Crippen molar-refractivity contribution in [2.45, 2.75) is 31.2 Å². The van der Waals surface area contributed by atoms with E-state index in [-0.39, 0.29) is 13.0 Å². The smallest absolute Gasteiger partial charge is 0.404 e. The molecular weight excluding hydrogens is 258 g/mol. The lowest BCUT2D eigenvalue weighted by Gasteiger charge is -2.20. The summed E-state index contributed by atoms with van der Waals surface area (Å²) in [6.45, 7) is -0.152. The van der Waals surface area contributed by atoms with Crippen LogP contribution in [0.3, 0.4) is 0 Å². The summed E-state index contributed by atoms with van der Waals surface area (Å²) in [4.78, 5) is 22.4. The molecule has 1 saturated carbocycles. The first-order chi connectivity index (χ1) is 8.20. The molecule has 18 heavy (non-hydrogen) atoms. The molecule has 2 rings (SSSR count). The second-order valence-electron chi connectivity index (χ2n) is 4.74. The highest BCUT2D eigenvalue weighted by Crippen LogP contribution is 2.61. The molecule has 0 aromatic carbocycles. The van der Waals surface area contributed by atoms with E-state index in [0.29, 0.717) is 0 Å². The summed E-state index contributed by atoms with van der Waals surface area (Å²) in [6, 6.07) is -1.04. The van der Waals surface area contributed by atoms with Crippen molar-refractivity contribution >= 4 is 11.8 Å². The number of carboxylic acids is 1. The van der Waals surface area contributed by atoms with Crippen LogP contribution in [-0.4, -0.2) is 41.8 Å². The first-order valence-corrected chi connectivity index (χ1v) is 5.41. The average molecular weight is 269 g/mol. The van der Waals surface area contributed by atoms with Gasteiger partial charge in [0, 0.05) is 18.9 Å². The Kier molecular flexibility index (Phi) is 2.88. The van der Waals surface area contributed by atoms with Crippen LogP contribution < -0.4 is 5.32 Å². The number of alkyl halides is 4. The first kappa shape index (κ1) is 13.3. The second-order valence-corrected chi connectivity index (χ2v) is 4.74. The van der Waals surface area contributed by atoms with Crippen molar-refractivity contribution in [2.24, 2.45) is 11.3 Å². The molecule has 0 spiro atoms. The number of carbonyl (C=O) groups is 2. The molecule has 1 aliphatic carbocycles. The molecule has 4 nitrogen and oxygen atoms in total. The molecule has 1 heterocycles. The van der Waals surface area contributed by atoms with Gasteiger partial charge in [0.05, 0.1) is 0 Å². The highest BCUT2D eigenvalue weighted by Gasteiger charge is 2.77. The van der Waals surface area contributed by atoms with E-state index in [4.69, 9.17) is 5.11 Å². The standard InChI is InChI=1S/C10H11F4NO3/c11-6-2-9(6,10(12,13)14)7(16)4-1-5(8(17)18)15-3-4/h4-6,15H,1-3H2,(H,17,18)/t4-,5+,6?,9?/m1/s1. The average Bonchev–Trinajstić information content (AvgIpc) is 2.76. The minimum atomic E-state index is -4.91. The van der Waals surface area contributed by atoms with Gasteiger partial charge in [-0.25, -0.2) is 4.39 Å². The van der Waals surface area contributed by atoms with E-state index in [1.165, 1.54) is 0 Å². The molecule has 102 valence electrons. The number of hydrogen-bond acceptors (Lipinski definition) is 3. The molecule has 8 heteroatoms. The Morgan fingerprint density at radius 1 is 1.33 bits per heavy atom. The van der Waals surface area contributed by atoms with E-state index >= 15 is 0 Å². The zero-order chi connectivity index (χ0) is 13.7. The third kappa shape index (κ3) is 1.79. The monoisotopic (exact) mass is 269 g/mol. The second kappa shape index (κ2) is 3.91. The van der Waals surface area contributed by atoms with Crippen molar-refractivity contribution in [1.82, 2.24) is 5.32 Å². The predicted molar refractivity (Wildman–Crippen MR) is 50.5 cm³/mol. The van der Waals surface area contributed by atoms with Crippen molar-refractivity contribution in [3.63, 3.8) is 0 Å². The summed E-state index contributed by atoms with van der Waals surface area (Å²) in [7, 11) is 0. The number of Topliss-reactive ketones (excluding diaryl/α,β-unsaturated/α-hetero) is 1. The van der Waals surface area contributed by atoms with Gasteiger partial charge < -0.3 is 10.4 Å². The number of carboxylic acid groups (broad SMARTS) is 1. The van der Waals surface area contributed by atoms with E-state index in [1.807, 2.05) is 0 Å². The van der Waals surface area contributed by atoms with E-state index < -0.39 is 47.9 Å². The Morgan fingerprint density at radius 2 is 1.89 bits per heavy atom. The summed E-state index contributed by atoms with van der Waals surface area (Å²) < 4.78 is 51.1. The van der Waals surface area contributed by atoms with Gasteiger partial charge in [0.15, 0.2) is 11.2 Å². The van der Waals surface area contributed by atoms with Crippen molar-refractivity contribution in [3.8, 4) is 0 Å². The fourth-order valence-electron chi connectivity index (χ4n) is 2.40. The molecule has 1 saturated heterocycles. The summed E-state index contributed by atoms with van der Waals surface area (Å²) in [5, 5.41) is 11.1. The van der Waals surface area contributed by atoms with Crippen molar-refractivity contribution < 1.29 is 32.3 Å². The van der Waals surface area contributed by atoms with Crippen molar-refractivity contribution in [3.05, 3.63) is 0 Å². The molecule has 0 bridgehead atoms. The number of rotatable bonds is 3. The van der Waals surface area contributed by atoms with Gasteiger partial charge in [0.25, 0.3) is 0 Å². The number of hydrogen-bond donors (Lipinski definition) is 2. The fraction of sp³-hybridized carbons (Fsp3) is 0.800. The van der Waals surface area contributed by atoms with E-state index in [9.17, 15) is 27.2 Å². The van der Waals surface area contributed by atoms with Crippen LogP contribution in [0.1, 0.15) is 12.8 Å². The van der Waals surface area contributed by atoms with Crippen molar-refractivity contribution in [1.29, 1.82) is 0 Å². The Hall–Kier alpha value is -1.18. The van der Waals surface area contributed by atoms with E-state index in [2.05, 4.69) is 5.32 Å². The molecule has 2 aliphatic rings. The lowest BCUT2D eigenvalue weighted by atomic mass is 9.87. The van der Waals surface area contributed by atoms with Crippen LogP contribution in [0.25, 0.3) is 0 Å². The lowest BCUT2D eigenvalue weighted by Crippen LogP contribution is -2.39. The summed E-state index contributed by atoms with van der Waals surface area (Å²) in [6.07, 6.45) is -8.18. The number of aliphatic carboxylic acids is 1. The van der Waals surface area contributed by atoms with Crippen molar-refractivity contribution in [2.75, 3.05) is 6.54 Å². The number of nitrogens with one attached hydrogen (secondary N) is 1. The molecular formula is C10H11F4NO3. The van der Waals surface area contributed by atoms with E-state index in [0.717, 1.165) is 0 Å². The maximum atomic E-state index is 13.0. The molecule has 4 atom stereocenters. The zero-order valence-corrected chi connectivity index (χ0v) is 9.13. The Balaban J connectivity index is 2.12. The maximum Gasteiger partial charge on any atom is 0.404 e. The molecule has 0 aromatic rings. The topological polar surface area (TPSA) is 66.4 Å². The van der Waals surface area contributed by atoms with Gasteiger partial charge in [-0.3, -0.25) is 9.59 Å². The Bertz CT molecular complexity index is 397. The van der Waals surface area contributed by atoms with Crippen LogP contribution in [0.4, 0.5) is 17.6 Å². The fourth-order valence-corrected chi connectivity index (χ4v) is 2.40. The molecule has 1 aliphatic heterocycles. The zero-order valence-electron chi connectivity index (χ0n) is 9.13. The van der Waals surface area contributed by atoms with Crippen LogP contribution in [-0.2, 0) is 9.59 Å². The van der Waals surface area contributed by atoms with Crippen LogP contribution in [0.5, 0.6) is 0 Å². The molecule has 0 radical (unpaired) electrons. The highest BCUT2D eigenvalue weighted by atomic mass is 19.4. The summed E-state index contributed by atoms with van der Waals surface area (Å²) in [5.74, 6) is -3.54. The quantitative estimate of drug-likeness (QED) is 0.747. The third-order valence-corrected chi connectivity index (χ3v) is 3.62. The lowest BCUT2D eigenvalue weighted by molar-refractivity contribution is -0.197. The van der Waals surface area contributed by atoms with Gasteiger partial charge >= 0.3 is 12.1 Å². The van der Waals surface area contributed by atoms with Gasteiger partial charge in [0.1, 0.15) is 12.2 Å². The van der Waals surface area contributed by atoms with Crippen LogP contribution in [0.2, 0.25) is 0 Å². The Morgan fingerprint density at radius 3 is 2.22 bits per heavy atom. The summed E-state index contributed by atoms with van der Waals surface area (Å²) >= 11 is 0. The SMILES string of the molecule is O=C(O)[C@@H]1C[C@@H](C(=O)C2(C(F)(F)F)CC2F)CN1. The van der Waals surface area contributed by atoms with E-state index in [1.54, 1.807) is 0 Å². The Labute approximate surface area is 99.3 Å². The van der Waals surface area contributed by atoms with Gasteiger partial charge in [-0.2, -0.15) is 13.2 Å². The predicted octanol–water partition coefficient (Wildman–Crippen LogP) is 0.909. The number of carbonyl (C=O) groups excluding carboxylic acids is 1. The molecule has 2 unspecified atom stereocenters. The maximum absolute atomic E-state index is 13.0. The number of halogens is 4. The number of ketones is 1. The van der Waals surface area contributed by atoms with Crippen LogP contribution in [0, 0.1) is 11.3 Å². The minimum absolute atomic E-state index is 0.152. The third-order valence-electron chi connectivity index (χ3n) is 3.62. The molecule has 2 fully saturated rings. The highest BCUT2D eigenvalue weighted by molar-refractivity contribution is 5.92.